The molecule has 0 spiro atoms. The Hall–Kier alpha value is -3.02. The number of hydrogen-bond donors (Lipinski definition) is 2. The van der Waals surface area contributed by atoms with E-state index in [1.165, 1.54) is 31.4 Å². The Morgan fingerprint density at radius 3 is 2.39 bits per heavy atom. The number of fused-ring (bicyclic) bond motifs is 1. The van der Waals surface area contributed by atoms with Gasteiger partial charge in [0.25, 0.3) is 5.91 Å². The van der Waals surface area contributed by atoms with Crippen LogP contribution in [-0.4, -0.2) is 25.1 Å². The molecule has 0 fully saturated rings. The second kappa shape index (κ2) is 6.00. The summed E-state index contributed by atoms with van der Waals surface area (Å²) < 4.78 is 23.4. The number of ether oxygens (including phenoxy) is 2. The van der Waals surface area contributed by atoms with Crippen LogP contribution in [0.1, 0.15) is 10.4 Å². The number of rotatable bonds is 4. The van der Waals surface area contributed by atoms with E-state index in [0.717, 1.165) is 5.52 Å². The Morgan fingerprint density at radius 1 is 1.09 bits per heavy atom. The molecule has 6 heteroatoms. The fraction of sp³-hybridized carbons (Fsp3) is 0.118. The summed E-state index contributed by atoms with van der Waals surface area (Å²) >= 11 is 0. The number of aromatic amines is 1. The summed E-state index contributed by atoms with van der Waals surface area (Å²) in [7, 11) is 3.09. The van der Waals surface area contributed by atoms with Gasteiger partial charge < -0.3 is 19.8 Å². The number of carbonyl (C=O) groups excluding carboxylic acids is 1. The summed E-state index contributed by atoms with van der Waals surface area (Å²) in [6.07, 6.45) is 1.61. The maximum Gasteiger partial charge on any atom is 0.257 e. The number of amides is 1. The summed E-state index contributed by atoms with van der Waals surface area (Å²) in [4.78, 5) is 15.5. The Morgan fingerprint density at radius 2 is 1.74 bits per heavy atom. The van der Waals surface area contributed by atoms with Gasteiger partial charge in [0.05, 0.1) is 25.3 Å². The number of benzene rings is 2. The number of halogens is 1. The summed E-state index contributed by atoms with van der Waals surface area (Å²) in [5.74, 6) is 0.463. The molecule has 0 atom stereocenters. The van der Waals surface area contributed by atoms with Crippen molar-refractivity contribution in [3.8, 4) is 11.5 Å². The van der Waals surface area contributed by atoms with Crippen LogP contribution in [-0.2, 0) is 0 Å². The number of aromatic nitrogens is 1. The van der Waals surface area contributed by atoms with Crippen molar-refractivity contribution < 1.29 is 18.7 Å². The monoisotopic (exact) mass is 314 g/mol. The zero-order valence-corrected chi connectivity index (χ0v) is 12.6. The van der Waals surface area contributed by atoms with Crippen molar-refractivity contribution in [1.82, 2.24) is 4.98 Å². The van der Waals surface area contributed by atoms with Gasteiger partial charge in [-0.2, -0.15) is 0 Å². The molecule has 0 aliphatic rings. The highest BCUT2D eigenvalue weighted by Crippen LogP contribution is 2.33. The van der Waals surface area contributed by atoms with Crippen LogP contribution in [0.5, 0.6) is 11.5 Å². The van der Waals surface area contributed by atoms with Gasteiger partial charge in [-0.1, -0.05) is 0 Å². The second-order valence-electron chi connectivity index (χ2n) is 4.92. The van der Waals surface area contributed by atoms with E-state index in [0.29, 0.717) is 28.1 Å². The minimum atomic E-state index is -0.355. The molecular formula is C17H15FN2O3. The van der Waals surface area contributed by atoms with Gasteiger partial charge in [-0.3, -0.25) is 4.79 Å². The van der Waals surface area contributed by atoms with Crippen molar-refractivity contribution in [3.63, 3.8) is 0 Å². The lowest BCUT2D eigenvalue weighted by Crippen LogP contribution is -2.11. The predicted octanol–water partition coefficient (Wildman–Crippen LogP) is 3.58. The van der Waals surface area contributed by atoms with Crippen LogP contribution in [0, 0.1) is 5.82 Å². The largest absolute Gasteiger partial charge is 0.493 e. The molecule has 23 heavy (non-hydrogen) atoms. The van der Waals surface area contributed by atoms with Gasteiger partial charge in [0.15, 0.2) is 11.5 Å². The third-order valence-corrected chi connectivity index (χ3v) is 3.53. The molecule has 0 aliphatic carbocycles. The van der Waals surface area contributed by atoms with Crippen molar-refractivity contribution in [2.45, 2.75) is 0 Å². The smallest absolute Gasteiger partial charge is 0.257 e. The maximum atomic E-state index is 12.9. The maximum absolute atomic E-state index is 12.9. The molecular weight excluding hydrogens is 299 g/mol. The summed E-state index contributed by atoms with van der Waals surface area (Å²) in [5.41, 5.74) is 1.74. The SMILES string of the molecule is COc1cc2[nH]cc(C(=O)Nc3ccc(F)cc3)c2cc1OC. The number of nitrogens with one attached hydrogen (secondary N) is 2. The van der Waals surface area contributed by atoms with Crippen molar-refractivity contribution in [2.75, 3.05) is 19.5 Å². The Labute approximate surface area is 132 Å². The number of carbonyl (C=O) groups is 1. The molecule has 0 aliphatic heterocycles. The van der Waals surface area contributed by atoms with Gasteiger partial charge in [-0.05, 0) is 30.3 Å². The van der Waals surface area contributed by atoms with Gasteiger partial charge in [0.2, 0.25) is 0 Å². The van der Waals surface area contributed by atoms with Crippen LogP contribution < -0.4 is 14.8 Å². The fourth-order valence-corrected chi connectivity index (χ4v) is 2.37. The molecule has 118 valence electrons. The van der Waals surface area contributed by atoms with Crippen molar-refractivity contribution in [2.24, 2.45) is 0 Å². The Kier molecular flexibility index (Phi) is 3.89. The minimum absolute atomic E-state index is 0.296. The highest BCUT2D eigenvalue weighted by molar-refractivity contribution is 6.13. The molecule has 5 nitrogen and oxygen atoms in total. The molecule has 0 radical (unpaired) electrons. The minimum Gasteiger partial charge on any atom is -0.493 e. The number of methoxy groups -OCH3 is 2. The van der Waals surface area contributed by atoms with Crippen LogP contribution in [0.25, 0.3) is 10.9 Å². The first-order chi connectivity index (χ1) is 11.1. The normalized spacial score (nSPS) is 10.6. The van der Waals surface area contributed by atoms with Gasteiger partial charge in [-0.15, -0.1) is 0 Å². The first-order valence-electron chi connectivity index (χ1n) is 6.92. The van der Waals surface area contributed by atoms with Crippen LogP contribution in [0.4, 0.5) is 10.1 Å². The first kappa shape index (κ1) is 14.9. The van der Waals surface area contributed by atoms with E-state index < -0.39 is 0 Å². The molecule has 0 bridgehead atoms. The van der Waals surface area contributed by atoms with Gasteiger partial charge in [0, 0.05) is 23.3 Å². The third-order valence-electron chi connectivity index (χ3n) is 3.53. The lowest BCUT2D eigenvalue weighted by molar-refractivity contribution is 0.102. The molecule has 1 amide bonds. The predicted molar refractivity (Wildman–Crippen MR) is 85.8 cm³/mol. The standard InChI is InChI=1S/C17H15FN2O3/c1-22-15-7-12-13(9-19-14(12)8-16(15)23-2)17(21)20-11-5-3-10(18)4-6-11/h3-9,19H,1-2H3,(H,20,21). The second-order valence-corrected chi connectivity index (χ2v) is 4.92. The Balaban J connectivity index is 1.95. The highest BCUT2D eigenvalue weighted by atomic mass is 19.1. The van der Waals surface area contributed by atoms with Crippen molar-refractivity contribution >= 4 is 22.5 Å². The first-order valence-corrected chi connectivity index (χ1v) is 6.92. The molecule has 0 saturated carbocycles. The van der Waals surface area contributed by atoms with Crippen LogP contribution in [0.3, 0.4) is 0 Å². The molecule has 1 heterocycles. The quantitative estimate of drug-likeness (QED) is 0.774. The highest BCUT2D eigenvalue weighted by Gasteiger charge is 2.15. The van der Waals surface area contributed by atoms with Crippen molar-refractivity contribution in [1.29, 1.82) is 0 Å². The van der Waals surface area contributed by atoms with E-state index in [1.807, 2.05) is 0 Å². The van der Waals surface area contributed by atoms with E-state index >= 15 is 0 Å². The fourth-order valence-electron chi connectivity index (χ4n) is 2.37. The summed E-state index contributed by atoms with van der Waals surface area (Å²) in [5, 5.41) is 3.44. The van der Waals surface area contributed by atoms with E-state index in [-0.39, 0.29) is 11.7 Å². The number of H-pyrrole nitrogens is 1. The van der Waals surface area contributed by atoms with E-state index in [4.69, 9.17) is 9.47 Å². The molecule has 0 unspecified atom stereocenters. The van der Waals surface area contributed by atoms with E-state index in [1.54, 1.807) is 25.4 Å². The van der Waals surface area contributed by atoms with E-state index in [2.05, 4.69) is 10.3 Å². The van der Waals surface area contributed by atoms with Gasteiger partial charge >= 0.3 is 0 Å². The van der Waals surface area contributed by atoms with E-state index in [9.17, 15) is 9.18 Å². The molecule has 2 N–H and O–H groups in total. The number of anilines is 1. The molecule has 0 saturated heterocycles. The number of hydrogen-bond acceptors (Lipinski definition) is 3. The molecule has 1 aromatic heterocycles. The van der Waals surface area contributed by atoms with Crippen molar-refractivity contribution in [3.05, 3.63) is 54.0 Å². The van der Waals surface area contributed by atoms with Crippen LogP contribution in [0.15, 0.2) is 42.6 Å². The van der Waals surface area contributed by atoms with Crippen LogP contribution in [0.2, 0.25) is 0 Å². The average molecular weight is 314 g/mol. The summed E-state index contributed by atoms with van der Waals surface area (Å²) in [6.45, 7) is 0. The summed E-state index contributed by atoms with van der Waals surface area (Å²) in [6, 6.07) is 9.10. The lowest BCUT2D eigenvalue weighted by Gasteiger charge is -2.08. The van der Waals surface area contributed by atoms with Gasteiger partial charge in [0.1, 0.15) is 5.82 Å². The lowest BCUT2D eigenvalue weighted by atomic mass is 10.1. The van der Waals surface area contributed by atoms with Crippen LogP contribution >= 0.6 is 0 Å². The molecule has 2 aromatic carbocycles. The zero-order chi connectivity index (χ0) is 16.4. The molecule has 3 rings (SSSR count). The topological polar surface area (TPSA) is 63.4 Å². The third kappa shape index (κ3) is 2.83. The average Bonchev–Trinajstić information content (AvgIpc) is 2.98. The Bertz CT molecular complexity index is 856. The zero-order valence-electron chi connectivity index (χ0n) is 12.6. The molecule has 3 aromatic rings. The van der Waals surface area contributed by atoms with Gasteiger partial charge in [-0.25, -0.2) is 4.39 Å².